The lowest BCUT2D eigenvalue weighted by Gasteiger charge is -2.34. The number of alkyl halides is 1. The highest BCUT2D eigenvalue weighted by molar-refractivity contribution is 5.68. The molecule has 1 heterocycles. The predicted molar refractivity (Wildman–Crippen MR) is 55.3 cm³/mol. The molecular formula is C10H19FN2O2. The first-order valence-corrected chi connectivity index (χ1v) is 5.17. The van der Waals surface area contributed by atoms with E-state index in [1.807, 2.05) is 0 Å². The number of carbonyl (C=O) groups excluding carboxylic acids is 1. The molecule has 0 bridgehead atoms. The third-order valence-corrected chi connectivity index (χ3v) is 2.24. The van der Waals surface area contributed by atoms with Gasteiger partial charge in [0, 0.05) is 12.6 Å². The van der Waals surface area contributed by atoms with Crippen LogP contribution in [0.1, 0.15) is 27.2 Å². The first-order chi connectivity index (χ1) is 6.79. The second-order valence-corrected chi connectivity index (χ2v) is 4.89. The number of likely N-dealkylation sites (tertiary alicyclic amines) is 1. The van der Waals surface area contributed by atoms with Crippen molar-refractivity contribution in [1.29, 1.82) is 0 Å². The Morgan fingerprint density at radius 2 is 2.13 bits per heavy atom. The summed E-state index contributed by atoms with van der Waals surface area (Å²) in [4.78, 5) is 12.9. The monoisotopic (exact) mass is 218 g/mol. The quantitative estimate of drug-likeness (QED) is 0.666. The maximum absolute atomic E-state index is 13.2. The van der Waals surface area contributed by atoms with Gasteiger partial charge in [0.1, 0.15) is 11.8 Å². The maximum atomic E-state index is 13.2. The summed E-state index contributed by atoms with van der Waals surface area (Å²) in [6.07, 6.45) is -1.12. The zero-order chi connectivity index (χ0) is 11.6. The van der Waals surface area contributed by atoms with Crippen LogP contribution in [0.4, 0.5) is 9.18 Å². The van der Waals surface area contributed by atoms with Crippen molar-refractivity contribution >= 4 is 6.09 Å². The summed E-state index contributed by atoms with van der Waals surface area (Å²) in [6, 6.07) is -0.455. The minimum atomic E-state index is -1.15. The van der Waals surface area contributed by atoms with Gasteiger partial charge in [-0.1, -0.05) is 0 Å². The van der Waals surface area contributed by atoms with E-state index in [4.69, 9.17) is 10.5 Å². The van der Waals surface area contributed by atoms with Crippen LogP contribution in [-0.4, -0.2) is 41.9 Å². The van der Waals surface area contributed by atoms with Gasteiger partial charge in [0.25, 0.3) is 0 Å². The van der Waals surface area contributed by atoms with E-state index in [1.165, 1.54) is 4.90 Å². The third-order valence-electron chi connectivity index (χ3n) is 2.24. The molecule has 0 aromatic rings. The van der Waals surface area contributed by atoms with Crippen LogP contribution in [0.15, 0.2) is 0 Å². The number of hydrogen-bond acceptors (Lipinski definition) is 3. The average Bonchev–Trinajstić information content (AvgIpc) is 2.06. The topological polar surface area (TPSA) is 55.6 Å². The van der Waals surface area contributed by atoms with Gasteiger partial charge in [0.15, 0.2) is 0 Å². The number of amides is 1. The highest BCUT2D eigenvalue weighted by atomic mass is 19.1. The van der Waals surface area contributed by atoms with Gasteiger partial charge in [-0.3, -0.25) is 0 Å². The van der Waals surface area contributed by atoms with Crippen LogP contribution in [0.25, 0.3) is 0 Å². The van der Waals surface area contributed by atoms with Gasteiger partial charge >= 0.3 is 6.09 Å². The van der Waals surface area contributed by atoms with Crippen LogP contribution in [-0.2, 0) is 4.74 Å². The molecule has 15 heavy (non-hydrogen) atoms. The maximum Gasteiger partial charge on any atom is 0.410 e. The highest BCUT2D eigenvalue weighted by Gasteiger charge is 2.31. The number of nitrogens with two attached hydrogens (primary N) is 1. The molecule has 0 aromatic carbocycles. The number of halogens is 1. The number of ether oxygens (including phenoxy) is 1. The van der Waals surface area contributed by atoms with Gasteiger partial charge in [-0.25, -0.2) is 9.18 Å². The van der Waals surface area contributed by atoms with Gasteiger partial charge in [0.05, 0.1) is 6.54 Å². The van der Waals surface area contributed by atoms with E-state index in [0.29, 0.717) is 13.0 Å². The molecule has 1 aliphatic heterocycles. The molecule has 4 nitrogen and oxygen atoms in total. The Morgan fingerprint density at radius 3 is 2.60 bits per heavy atom. The lowest BCUT2D eigenvalue weighted by Crippen LogP contribution is -2.51. The summed E-state index contributed by atoms with van der Waals surface area (Å²) in [6.45, 7) is 5.86. The fraction of sp³-hybridized carbons (Fsp3) is 0.900. The molecule has 88 valence electrons. The van der Waals surface area contributed by atoms with Crippen LogP contribution in [0.3, 0.4) is 0 Å². The second kappa shape index (κ2) is 4.35. The Balaban J connectivity index is 2.48. The molecule has 0 radical (unpaired) electrons. The molecule has 1 saturated heterocycles. The van der Waals surface area contributed by atoms with E-state index in [2.05, 4.69) is 0 Å². The number of nitrogens with zero attached hydrogens (tertiary/aromatic N) is 1. The van der Waals surface area contributed by atoms with Crippen molar-refractivity contribution in [2.75, 3.05) is 13.1 Å². The van der Waals surface area contributed by atoms with Crippen molar-refractivity contribution in [2.24, 2.45) is 5.73 Å². The van der Waals surface area contributed by atoms with Gasteiger partial charge in [-0.05, 0) is 27.2 Å². The molecule has 1 fully saturated rings. The third kappa shape index (κ3) is 3.66. The molecule has 0 spiro atoms. The SMILES string of the molecule is CC(C)(C)OC(=O)N1CC[C@H](N)C(F)C1. The number of piperidine rings is 1. The van der Waals surface area contributed by atoms with Crippen LogP contribution in [0.5, 0.6) is 0 Å². The Hall–Kier alpha value is -0.840. The molecule has 1 aliphatic rings. The first kappa shape index (κ1) is 12.2. The molecule has 1 amide bonds. The minimum Gasteiger partial charge on any atom is -0.444 e. The van der Waals surface area contributed by atoms with E-state index < -0.39 is 23.9 Å². The molecule has 2 atom stereocenters. The molecule has 1 rings (SSSR count). The van der Waals surface area contributed by atoms with Crippen LogP contribution < -0.4 is 5.73 Å². The van der Waals surface area contributed by atoms with Crippen LogP contribution in [0, 0.1) is 0 Å². The molecular weight excluding hydrogens is 199 g/mol. The first-order valence-electron chi connectivity index (χ1n) is 5.17. The zero-order valence-corrected chi connectivity index (χ0v) is 9.50. The molecule has 2 N–H and O–H groups in total. The lowest BCUT2D eigenvalue weighted by atomic mass is 10.0. The number of rotatable bonds is 0. The van der Waals surface area contributed by atoms with Gasteiger partial charge in [-0.15, -0.1) is 0 Å². The smallest absolute Gasteiger partial charge is 0.410 e. The largest absolute Gasteiger partial charge is 0.444 e. The lowest BCUT2D eigenvalue weighted by molar-refractivity contribution is 0.0116. The predicted octanol–water partition coefficient (Wildman–Crippen LogP) is 1.29. The van der Waals surface area contributed by atoms with E-state index in [-0.39, 0.29) is 6.54 Å². The van der Waals surface area contributed by atoms with Crippen molar-refractivity contribution in [3.05, 3.63) is 0 Å². The average molecular weight is 218 g/mol. The summed E-state index contributed by atoms with van der Waals surface area (Å²) in [5, 5.41) is 0. The van der Waals surface area contributed by atoms with E-state index >= 15 is 0 Å². The summed E-state index contributed by atoms with van der Waals surface area (Å²) < 4.78 is 18.4. The van der Waals surface area contributed by atoms with Crippen LogP contribution >= 0.6 is 0 Å². The normalized spacial score (nSPS) is 27.7. The van der Waals surface area contributed by atoms with Crippen molar-refractivity contribution in [3.8, 4) is 0 Å². The second-order valence-electron chi connectivity index (χ2n) is 4.89. The standard InChI is InChI=1S/C10H19FN2O2/c1-10(2,3)15-9(14)13-5-4-8(12)7(11)6-13/h7-8H,4-6,12H2,1-3H3/t7?,8-/m0/s1. The van der Waals surface area contributed by atoms with E-state index in [1.54, 1.807) is 20.8 Å². The Morgan fingerprint density at radius 1 is 1.53 bits per heavy atom. The number of carbonyl (C=O) groups is 1. The van der Waals surface area contributed by atoms with Gasteiger partial charge in [0.2, 0.25) is 0 Å². The summed E-state index contributed by atoms with van der Waals surface area (Å²) >= 11 is 0. The summed E-state index contributed by atoms with van der Waals surface area (Å²) in [7, 11) is 0. The van der Waals surface area contributed by atoms with Crippen molar-refractivity contribution in [1.82, 2.24) is 4.90 Å². The van der Waals surface area contributed by atoms with Gasteiger partial charge < -0.3 is 15.4 Å². The Labute approximate surface area is 89.6 Å². The Bertz CT molecular complexity index is 240. The molecule has 0 aromatic heterocycles. The highest BCUT2D eigenvalue weighted by Crippen LogP contribution is 2.16. The fourth-order valence-corrected chi connectivity index (χ4v) is 1.42. The molecule has 0 saturated carbocycles. The van der Waals surface area contributed by atoms with Crippen molar-refractivity contribution in [2.45, 2.75) is 45.0 Å². The van der Waals surface area contributed by atoms with Crippen molar-refractivity contribution < 1.29 is 13.9 Å². The Kier molecular flexibility index (Phi) is 3.54. The minimum absolute atomic E-state index is 0.0378. The van der Waals surface area contributed by atoms with E-state index in [0.717, 1.165) is 0 Å². The van der Waals surface area contributed by atoms with Crippen molar-refractivity contribution in [3.63, 3.8) is 0 Å². The summed E-state index contributed by atoms with van der Waals surface area (Å²) in [5.41, 5.74) is 4.97. The molecule has 5 heteroatoms. The summed E-state index contributed by atoms with van der Waals surface area (Å²) in [5.74, 6) is 0. The zero-order valence-electron chi connectivity index (χ0n) is 9.50. The van der Waals surface area contributed by atoms with E-state index in [9.17, 15) is 9.18 Å². The molecule has 0 aliphatic carbocycles. The number of hydrogen-bond donors (Lipinski definition) is 1. The van der Waals surface area contributed by atoms with Gasteiger partial charge in [-0.2, -0.15) is 0 Å². The van der Waals surface area contributed by atoms with Crippen LogP contribution in [0.2, 0.25) is 0 Å². The fourth-order valence-electron chi connectivity index (χ4n) is 1.42. The molecule has 1 unspecified atom stereocenters.